The van der Waals surface area contributed by atoms with Crippen molar-refractivity contribution in [3.05, 3.63) is 41.0 Å². The quantitative estimate of drug-likeness (QED) is 0.752. The van der Waals surface area contributed by atoms with Crippen molar-refractivity contribution >= 4 is 17.6 Å². The minimum Gasteiger partial charge on any atom is -0.469 e. The van der Waals surface area contributed by atoms with Gasteiger partial charge < -0.3 is 19.3 Å². The molecule has 0 saturated carbocycles. The maximum absolute atomic E-state index is 12.3. The molecular weight excluding hydrogens is 370 g/mol. The molecule has 1 fully saturated rings. The van der Waals surface area contributed by atoms with Crippen molar-refractivity contribution < 1.29 is 19.2 Å². The molecule has 1 aliphatic heterocycles. The minimum atomic E-state index is -1.13. The number of halogens is 1. The number of carbonyl (C=O) groups is 1. The van der Waals surface area contributed by atoms with E-state index in [-0.39, 0.29) is 5.69 Å². The number of esters is 1. The summed E-state index contributed by atoms with van der Waals surface area (Å²) in [6.07, 6.45) is -1.13. The Kier molecular flexibility index (Phi) is 6.49. The Hall–Kier alpha value is -1.93. The topological polar surface area (TPSA) is 79.0 Å². The molecule has 0 radical (unpaired) electrons. The minimum absolute atomic E-state index is 0.287. The average molecular weight is 394 g/mol. The van der Waals surface area contributed by atoms with E-state index in [0.29, 0.717) is 22.9 Å². The van der Waals surface area contributed by atoms with Gasteiger partial charge in [0.15, 0.2) is 5.76 Å². The Labute approximate surface area is 163 Å². The van der Waals surface area contributed by atoms with Crippen LogP contribution in [0.3, 0.4) is 0 Å². The first-order valence-electron chi connectivity index (χ1n) is 8.88. The lowest BCUT2D eigenvalue weighted by molar-refractivity contribution is -0.151. The first-order valence-corrected chi connectivity index (χ1v) is 9.25. The van der Waals surface area contributed by atoms with E-state index in [4.69, 9.17) is 20.9 Å². The number of piperazine rings is 1. The van der Waals surface area contributed by atoms with E-state index in [2.05, 4.69) is 22.0 Å². The summed E-state index contributed by atoms with van der Waals surface area (Å²) in [7, 11) is 3.39. The SMILES string of the molecule is COC(=O)[C@@H](CN1CCN(C)CC1)[C@H](O)c1cc(-c2ccccc2Cl)on1. The fraction of sp³-hybridized carbons (Fsp3) is 0.474. The van der Waals surface area contributed by atoms with Gasteiger partial charge in [-0.3, -0.25) is 9.69 Å². The van der Waals surface area contributed by atoms with E-state index in [0.717, 1.165) is 26.2 Å². The van der Waals surface area contributed by atoms with Crippen LogP contribution in [0, 0.1) is 5.92 Å². The molecule has 1 aromatic heterocycles. The molecule has 2 atom stereocenters. The summed E-state index contributed by atoms with van der Waals surface area (Å²) in [5.74, 6) is -0.774. The maximum atomic E-state index is 12.3. The zero-order chi connectivity index (χ0) is 19.4. The van der Waals surface area contributed by atoms with Crippen LogP contribution in [0.1, 0.15) is 11.8 Å². The first-order chi connectivity index (χ1) is 13.0. The highest BCUT2D eigenvalue weighted by atomic mass is 35.5. The van der Waals surface area contributed by atoms with Crippen LogP contribution >= 0.6 is 11.6 Å². The normalized spacial score (nSPS) is 18.2. The standard InChI is InChI=1S/C19H24ClN3O4/c1-22-7-9-23(10-8-22)12-14(19(25)26-2)18(24)16-11-17(27-21-16)13-5-3-4-6-15(13)20/h3-6,11,14,18,24H,7-10,12H2,1-2H3/t14-,18-/m0/s1. The number of hydrogen-bond acceptors (Lipinski definition) is 7. The molecule has 7 nitrogen and oxygen atoms in total. The summed E-state index contributed by atoms with van der Waals surface area (Å²) in [6, 6.07) is 8.83. The summed E-state index contributed by atoms with van der Waals surface area (Å²) < 4.78 is 10.3. The van der Waals surface area contributed by atoms with Crippen LogP contribution in [0.25, 0.3) is 11.3 Å². The fourth-order valence-corrected chi connectivity index (χ4v) is 3.41. The molecule has 0 unspecified atom stereocenters. The maximum Gasteiger partial charge on any atom is 0.313 e. The monoisotopic (exact) mass is 393 g/mol. The number of hydrogen-bond donors (Lipinski definition) is 1. The average Bonchev–Trinajstić information content (AvgIpc) is 3.16. The summed E-state index contributed by atoms with van der Waals surface area (Å²) in [4.78, 5) is 16.7. The largest absolute Gasteiger partial charge is 0.469 e. The number of benzene rings is 1. The molecule has 2 heterocycles. The van der Waals surface area contributed by atoms with E-state index < -0.39 is 18.0 Å². The Balaban J connectivity index is 1.77. The van der Waals surface area contributed by atoms with Gasteiger partial charge in [0, 0.05) is 44.4 Å². The van der Waals surface area contributed by atoms with Gasteiger partial charge >= 0.3 is 5.97 Å². The summed E-state index contributed by atoms with van der Waals surface area (Å²) in [5.41, 5.74) is 0.966. The number of ether oxygens (including phenoxy) is 1. The molecule has 0 aliphatic carbocycles. The third kappa shape index (κ3) is 4.68. The van der Waals surface area contributed by atoms with Gasteiger partial charge in [-0.15, -0.1) is 0 Å². The van der Waals surface area contributed by atoms with Crippen LogP contribution in [0.15, 0.2) is 34.9 Å². The van der Waals surface area contributed by atoms with Gasteiger partial charge in [0.25, 0.3) is 0 Å². The highest BCUT2D eigenvalue weighted by molar-refractivity contribution is 6.33. The summed E-state index contributed by atoms with van der Waals surface area (Å²) in [6.45, 7) is 3.91. The van der Waals surface area contributed by atoms with Crippen molar-refractivity contribution in [2.24, 2.45) is 5.92 Å². The number of nitrogens with zero attached hydrogens (tertiary/aromatic N) is 3. The third-order valence-electron chi connectivity index (χ3n) is 4.91. The van der Waals surface area contributed by atoms with Gasteiger partial charge in [-0.2, -0.15) is 0 Å². The number of aliphatic hydroxyl groups excluding tert-OH is 1. The van der Waals surface area contributed by atoms with E-state index in [1.807, 2.05) is 12.1 Å². The van der Waals surface area contributed by atoms with Crippen molar-refractivity contribution in [1.82, 2.24) is 15.0 Å². The van der Waals surface area contributed by atoms with Crippen LogP contribution in [0.5, 0.6) is 0 Å². The molecule has 0 bridgehead atoms. The second-order valence-corrected chi connectivity index (χ2v) is 7.18. The van der Waals surface area contributed by atoms with E-state index >= 15 is 0 Å². The van der Waals surface area contributed by atoms with Crippen molar-refractivity contribution in [3.63, 3.8) is 0 Å². The Morgan fingerprint density at radius 2 is 2.04 bits per heavy atom. The van der Waals surface area contributed by atoms with Gasteiger partial charge in [0.1, 0.15) is 17.7 Å². The molecule has 1 N–H and O–H groups in total. The summed E-state index contributed by atoms with van der Waals surface area (Å²) >= 11 is 6.19. The van der Waals surface area contributed by atoms with Crippen molar-refractivity contribution in [2.45, 2.75) is 6.10 Å². The van der Waals surface area contributed by atoms with E-state index in [9.17, 15) is 9.90 Å². The molecule has 146 valence electrons. The van der Waals surface area contributed by atoms with Crippen LogP contribution in [0.4, 0.5) is 0 Å². The molecule has 1 aromatic carbocycles. The summed E-state index contributed by atoms with van der Waals surface area (Å²) in [5, 5.41) is 15.3. The van der Waals surface area contributed by atoms with Crippen LogP contribution in [-0.4, -0.2) is 72.9 Å². The van der Waals surface area contributed by atoms with Gasteiger partial charge in [-0.1, -0.05) is 28.9 Å². The third-order valence-corrected chi connectivity index (χ3v) is 5.24. The molecule has 0 amide bonds. The number of carbonyl (C=O) groups excluding carboxylic acids is 1. The number of aromatic nitrogens is 1. The molecule has 8 heteroatoms. The lowest BCUT2D eigenvalue weighted by atomic mass is 9.98. The Bertz CT molecular complexity index is 774. The molecule has 1 aliphatic rings. The number of methoxy groups -OCH3 is 1. The predicted octanol–water partition coefficient (Wildman–Crippen LogP) is 2.07. The van der Waals surface area contributed by atoms with Crippen molar-refractivity contribution in [3.8, 4) is 11.3 Å². The van der Waals surface area contributed by atoms with Crippen molar-refractivity contribution in [1.29, 1.82) is 0 Å². The van der Waals surface area contributed by atoms with Gasteiger partial charge in [0.2, 0.25) is 0 Å². The van der Waals surface area contributed by atoms with Crippen LogP contribution < -0.4 is 0 Å². The van der Waals surface area contributed by atoms with E-state index in [1.165, 1.54) is 7.11 Å². The Morgan fingerprint density at radius 1 is 1.33 bits per heavy atom. The molecule has 1 saturated heterocycles. The second-order valence-electron chi connectivity index (χ2n) is 6.77. The molecular formula is C19H24ClN3O4. The van der Waals surface area contributed by atoms with E-state index in [1.54, 1.807) is 18.2 Å². The number of aliphatic hydroxyl groups is 1. The number of likely N-dealkylation sites (N-methyl/N-ethyl adjacent to an activating group) is 1. The lowest BCUT2D eigenvalue weighted by Gasteiger charge is -2.34. The second kappa shape index (κ2) is 8.84. The zero-order valence-electron chi connectivity index (χ0n) is 15.5. The molecule has 0 spiro atoms. The van der Waals surface area contributed by atoms with Gasteiger partial charge in [-0.25, -0.2) is 0 Å². The smallest absolute Gasteiger partial charge is 0.313 e. The predicted molar refractivity (Wildman–Crippen MR) is 101 cm³/mol. The number of rotatable bonds is 6. The highest BCUT2D eigenvalue weighted by Gasteiger charge is 2.34. The van der Waals surface area contributed by atoms with Gasteiger partial charge in [-0.05, 0) is 19.2 Å². The Morgan fingerprint density at radius 3 is 2.70 bits per heavy atom. The van der Waals surface area contributed by atoms with Crippen LogP contribution in [0.2, 0.25) is 5.02 Å². The van der Waals surface area contributed by atoms with Crippen molar-refractivity contribution in [2.75, 3.05) is 46.9 Å². The van der Waals surface area contributed by atoms with Gasteiger partial charge in [0.05, 0.1) is 12.1 Å². The molecule has 2 aromatic rings. The lowest BCUT2D eigenvalue weighted by Crippen LogP contribution is -2.48. The highest BCUT2D eigenvalue weighted by Crippen LogP contribution is 2.31. The first kappa shape index (κ1) is 19.8. The van der Waals surface area contributed by atoms with Crippen LogP contribution in [-0.2, 0) is 9.53 Å². The fourth-order valence-electron chi connectivity index (χ4n) is 3.19. The zero-order valence-corrected chi connectivity index (χ0v) is 16.2. The molecule has 27 heavy (non-hydrogen) atoms. The molecule has 3 rings (SSSR count).